The van der Waals surface area contributed by atoms with Gasteiger partial charge in [-0.05, 0) is 30.7 Å². The van der Waals surface area contributed by atoms with Gasteiger partial charge in [-0.1, -0.05) is 0 Å². The molecule has 0 saturated carbocycles. The monoisotopic (exact) mass is 226 g/mol. The average molecular weight is 226 g/mol. The van der Waals surface area contributed by atoms with Crippen molar-refractivity contribution >= 4 is 9.84 Å². The fourth-order valence-electron chi connectivity index (χ4n) is 1.76. The van der Waals surface area contributed by atoms with Gasteiger partial charge in [-0.25, -0.2) is 8.42 Å². The van der Waals surface area contributed by atoms with Crippen molar-refractivity contribution in [3.8, 4) is 0 Å². The summed E-state index contributed by atoms with van der Waals surface area (Å²) in [4.78, 5) is 3.87. The Morgan fingerprint density at radius 2 is 2.13 bits per heavy atom. The van der Waals surface area contributed by atoms with Gasteiger partial charge in [0, 0.05) is 18.9 Å². The second-order valence-corrected chi connectivity index (χ2v) is 6.06. The largest absolute Gasteiger partial charge is 0.315 e. The van der Waals surface area contributed by atoms with Crippen LogP contribution in [0.1, 0.15) is 12.0 Å². The van der Waals surface area contributed by atoms with Crippen LogP contribution >= 0.6 is 0 Å². The number of hydrogen-bond acceptors (Lipinski definition) is 4. The number of pyridine rings is 1. The second-order valence-electron chi connectivity index (χ2n) is 3.78. The average Bonchev–Trinajstić information content (AvgIpc) is 2.71. The van der Waals surface area contributed by atoms with Gasteiger partial charge in [0.1, 0.15) is 0 Å². The summed E-state index contributed by atoms with van der Waals surface area (Å²) < 4.78 is 23.9. The van der Waals surface area contributed by atoms with Crippen molar-refractivity contribution in [3.63, 3.8) is 0 Å². The Morgan fingerprint density at radius 1 is 1.40 bits per heavy atom. The minimum Gasteiger partial charge on any atom is -0.315 e. The van der Waals surface area contributed by atoms with E-state index in [2.05, 4.69) is 10.3 Å². The summed E-state index contributed by atoms with van der Waals surface area (Å²) in [7, 11) is -3.00. The first-order valence-electron chi connectivity index (χ1n) is 5.00. The van der Waals surface area contributed by atoms with E-state index in [1.54, 1.807) is 24.5 Å². The highest BCUT2D eigenvalue weighted by molar-refractivity contribution is 7.91. The van der Waals surface area contributed by atoms with Crippen LogP contribution in [0.5, 0.6) is 0 Å². The summed E-state index contributed by atoms with van der Waals surface area (Å²) in [5.41, 5.74) is 0.817. The number of sulfone groups is 1. The fraction of sp³-hybridized carbons (Fsp3) is 0.500. The van der Waals surface area contributed by atoms with E-state index in [1.165, 1.54) is 0 Å². The molecular weight excluding hydrogens is 212 g/mol. The standard InChI is InChI=1S/C10H14N2O2S/c13-15(14,10-3-6-12-7-10)8-9-1-4-11-5-2-9/h1-2,4-5,10,12H,3,6-8H2/t10-/m1/s1. The molecule has 2 heterocycles. The molecule has 1 saturated heterocycles. The van der Waals surface area contributed by atoms with Gasteiger partial charge in [0.05, 0.1) is 11.0 Å². The van der Waals surface area contributed by atoms with E-state index in [-0.39, 0.29) is 11.0 Å². The molecule has 2 rings (SSSR count). The molecule has 0 bridgehead atoms. The third-order valence-electron chi connectivity index (χ3n) is 2.64. The Kier molecular flexibility index (Phi) is 3.02. The summed E-state index contributed by atoms with van der Waals surface area (Å²) in [5.74, 6) is 0.127. The Hall–Kier alpha value is -0.940. The molecule has 1 aliphatic heterocycles. The van der Waals surface area contributed by atoms with E-state index >= 15 is 0 Å². The van der Waals surface area contributed by atoms with Crippen LogP contribution in [-0.4, -0.2) is 31.7 Å². The molecule has 0 radical (unpaired) electrons. The molecule has 1 aliphatic rings. The smallest absolute Gasteiger partial charge is 0.158 e. The van der Waals surface area contributed by atoms with Gasteiger partial charge in [0.25, 0.3) is 0 Å². The van der Waals surface area contributed by atoms with Gasteiger partial charge in [-0.15, -0.1) is 0 Å². The van der Waals surface area contributed by atoms with Crippen molar-refractivity contribution in [2.24, 2.45) is 0 Å². The molecule has 0 amide bonds. The van der Waals surface area contributed by atoms with E-state index in [1.807, 2.05) is 0 Å². The van der Waals surface area contributed by atoms with Crippen LogP contribution in [0.25, 0.3) is 0 Å². The number of rotatable bonds is 3. The Morgan fingerprint density at radius 3 is 2.73 bits per heavy atom. The number of nitrogens with one attached hydrogen (secondary N) is 1. The molecule has 1 aromatic rings. The van der Waals surface area contributed by atoms with Crippen LogP contribution in [0.4, 0.5) is 0 Å². The lowest BCUT2D eigenvalue weighted by Gasteiger charge is -2.09. The molecular formula is C10H14N2O2S. The lowest BCUT2D eigenvalue weighted by molar-refractivity contribution is 0.582. The fourth-order valence-corrected chi connectivity index (χ4v) is 3.51. The minimum absolute atomic E-state index is 0.127. The summed E-state index contributed by atoms with van der Waals surface area (Å²) in [6.07, 6.45) is 3.98. The van der Waals surface area contributed by atoms with E-state index in [4.69, 9.17) is 0 Å². The van der Waals surface area contributed by atoms with Crippen LogP contribution in [-0.2, 0) is 15.6 Å². The highest BCUT2D eigenvalue weighted by Gasteiger charge is 2.28. The van der Waals surface area contributed by atoms with Gasteiger partial charge >= 0.3 is 0 Å². The van der Waals surface area contributed by atoms with E-state index in [9.17, 15) is 8.42 Å². The quantitative estimate of drug-likeness (QED) is 0.808. The van der Waals surface area contributed by atoms with E-state index < -0.39 is 9.84 Å². The summed E-state index contributed by atoms with van der Waals surface area (Å²) in [5, 5.41) is 2.86. The first kappa shape index (κ1) is 10.6. The van der Waals surface area contributed by atoms with Gasteiger partial charge in [-0.2, -0.15) is 0 Å². The molecule has 1 atom stereocenters. The van der Waals surface area contributed by atoms with Crippen molar-refractivity contribution in [2.75, 3.05) is 13.1 Å². The Balaban J connectivity index is 2.11. The predicted octanol–water partition coefficient (Wildman–Crippen LogP) is 0.358. The molecule has 0 aliphatic carbocycles. The van der Waals surface area contributed by atoms with Crippen LogP contribution in [0.2, 0.25) is 0 Å². The highest BCUT2D eigenvalue weighted by atomic mass is 32.2. The van der Waals surface area contributed by atoms with Crippen LogP contribution < -0.4 is 5.32 Å². The zero-order valence-corrected chi connectivity index (χ0v) is 9.20. The molecule has 15 heavy (non-hydrogen) atoms. The van der Waals surface area contributed by atoms with Crippen molar-refractivity contribution < 1.29 is 8.42 Å². The maximum Gasteiger partial charge on any atom is 0.158 e. The normalized spacial score (nSPS) is 21.7. The van der Waals surface area contributed by atoms with Crippen LogP contribution in [0, 0.1) is 0 Å². The molecule has 1 N–H and O–H groups in total. The lowest BCUT2D eigenvalue weighted by atomic mass is 10.3. The van der Waals surface area contributed by atoms with Crippen molar-refractivity contribution in [2.45, 2.75) is 17.4 Å². The molecule has 0 aromatic carbocycles. The molecule has 82 valence electrons. The minimum atomic E-state index is -3.00. The molecule has 0 unspecified atom stereocenters. The van der Waals surface area contributed by atoms with Crippen molar-refractivity contribution in [1.82, 2.24) is 10.3 Å². The first-order chi connectivity index (χ1) is 7.18. The second kappa shape index (κ2) is 4.28. The molecule has 0 spiro atoms. The van der Waals surface area contributed by atoms with Gasteiger partial charge in [-0.3, -0.25) is 4.98 Å². The van der Waals surface area contributed by atoms with Crippen molar-refractivity contribution in [3.05, 3.63) is 30.1 Å². The van der Waals surface area contributed by atoms with Crippen LogP contribution in [0.3, 0.4) is 0 Å². The maximum absolute atomic E-state index is 11.9. The predicted molar refractivity (Wildman–Crippen MR) is 58.1 cm³/mol. The molecule has 5 heteroatoms. The Bertz CT molecular complexity index is 410. The van der Waals surface area contributed by atoms with E-state index in [0.29, 0.717) is 6.54 Å². The molecule has 4 nitrogen and oxygen atoms in total. The summed E-state index contributed by atoms with van der Waals surface area (Å²) in [6, 6.07) is 3.50. The number of nitrogens with zero attached hydrogens (tertiary/aromatic N) is 1. The van der Waals surface area contributed by atoms with Crippen molar-refractivity contribution in [1.29, 1.82) is 0 Å². The molecule has 1 aromatic heterocycles. The zero-order chi connectivity index (χ0) is 10.7. The zero-order valence-electron chi connectivity index (χ0n) is 8.39. The van der Waals surface area contributed by atoms with Gasteiger partial charge in [0.15, 0.2) is 9.84 Å². The SMILES string of the molecule is O=S(=O)(Cc1ccncc1)[C@@H]1CCNC1. The highest BCUT2D eigenvalue weighted by Crippen LogP contribution is 2.15. The molecule has 1 fully saturated rings. The van der Waals surface area contributed by atoms with Gasteiger partial charge < -0.3 is 5.32 Å². The number of aromatic nitrogens is 1. The third-order valence-corrected chi connectivity index (χ3v) is 4.79. The Labute approximate surface area is 89.6 Å². The maximum atomic E-state index is 11.9. The topological polar surface area (TPSA) is 59.1 Å². The van der Waals surface area contributed by atoms with E-state index in [0.717, 1.165) is 18.5 Å². The lowest BCUT2D eigenvalue weighted by Crippen LogP contribution is -2.25. The summed E-state index contributed by atoms with van der Waals surface area (Å²) in [6.45, 7) is 1.40. The third kappa shape index (κ3) is 2.54. The number of hydrogen-bond donors (Lipinski definition) is 1. The summed E-state index contributed by atoms with van der Waals surface area (Å²) >= 11 is 0. The van der Waals surface area contributed by atoms with Gasteiger partial charge in [0.2, 0.25) is 0 Å². The first-order valence-corrected chi connectivity index (χ1v) is 6.71. The van der Waals surface area contributed by atoms with Crippen LogP contribution in [0.15, 0.2) is 24.5 Å².